The van der Waals surface area contributed by atoms with Gasteiger partial charge in [0.15, 0.2) is 5.76 Å². The van der Waals surface area contributed by atoms with Crippen molar-refractivity contribution in [3.05, 3.63) is 24.2 Å². The Balaban J connectivity index is 2.46. The Morgan fingerprint density at radius 3 is 2.55 bits per heavy atom. The largest absolute Gasteiger partial charge is 0.467 e. The molecular weight excluding hydrogens is 264 g/mol. The molecule has 2 N–H and O–H groups in total. The molecule has 0 fully saturated rings. The summed E-state index contributed by atoms with van der Waals surface area (Å²) >= 11 is 0. The highest BCUT2D eigenvalue weighted by Crippen LogP contribution is 2.03. The smallest absolute Gasteiger partial charge is 0.328 e. The molecule has 0 radical (unpaired) electrons. The van der Waals surface area contributed by atoms with Gasteiger partial charge in [-0.1, -0.05) is 13.8 Å². The van der Waals surface area contributed by atoms with Crippen LogP contribution in [0, 0.1) is 5.92 Å². The van der Waals surface area contributed by atoms with E-state index in [9.17, 15) is 14.4 Å². The van der Waals surface area contributed by atoms with Gasteiger partial charge in [0.05, 0.1) is 19.9 Å². The maximum atomic E-state index is 11.7. The highest BCUT2D eigenvalue weighted by atomic mass is 16.5. The summed E-state index contributed by atoms with van der Waals surface area (Å²) in [4.78, 5) is 34.7. The average Bonchev–Trinajstić information content (AvgIpc) is 2.95. The minimum atomic E-state index is -0.743. The third kappa shape index (κ3) is 4.42. The van der Waals surface area contributed by atoms with Crippen molar-refractivity contribution in [2.45, 2.75) is 19.9 Å². The van der Waals surface area contributed by atoms with E-state index in [0.717, 1.165) is 0 Å². The van der Waals surface area contributed by atoms with Gasteiger partial charge in [0.2, 0.25) is 5.91 Å². The van der Waals surface area contributed by atoms with E-state index in [1.54, 1.807) is 19.9 Å². The van der Waals surface area contributed by atoms with E-state index < -0.39 is 23.8 Å². The number of rotatable bonds is 6. The van der Waals surface area contributed by atoms with Crippen molar-refractivity contribution in [2.75, 3.05) is 13.7 Å². The van der Waals surface area contributed by atoms with Crippen LogP contribution in [-0.2, 0) is 14.3 Å². The van der Waals surface area contributed by atoms with Crippen LogP contribution in [0.25, 0.3) is 0 Å². The predicted octanol–water partition coefficient (Wildman–Crippen LogP) is 0.323. The Morgan fingerprint density at radius 2 is 2.05 bits per heavy atom. The highest BCUT2D eigenvalue weighted by molar-refractivity contribution is 5.94. The Labute approximate surface area is 116 Å². The van der Waals surface area contributed by atoms with Gasteiger partial charge >= 0.3 is 5.97 Å². The second kappa shape index (κ2) is 7.32. The SMILES string of the molecule is COC(=O)C(NC(=O)CNC(=O)c1ccco1)C(C)C. The molecule has 1 aromatic heterocycles. The lowest BCUT2D eigenvalue weighted by Crippen LogP contribution is -2.48. The maximum Gasteiger partial charge on any atom is 0.328 e. The molecule has 1 rings (SSSR count). The number of hydrogen-bond acceptors (Lipinski definition) is 5. The number of furan rings is 1. The molecule has 2 amide bonds. The number of carbonyl (C=O) groups is 3. The average molecular weight is 282 g/mol. The zero-order valence-electron chi connectivity index (χ0n) is 11.6. The van der Waals surface area contributed by atoms with E-state index in [1.165, 1.54) is 19.4 Å². The summed E-state index contributed by atoms with van der Waals surface area (Å²) in [7, 11) is 1.25. The van der Waals surface area contributed by atoms with Gasteiger partial charge in [-0.3, -0.25) is 9.59 Å². The molecule has 0 aliphatic rings. The molecule has 0 bridgehead atoms. The second-order valence-corrected chi connectivity index (χ2v) is 4.47. The summed E-state index contributed by atoms with van der Waals surface area (Å²) in [6.45, 7) is 3.31. The standard InChI is InChI=1S/C13H18N2O5/c1-8(2)11(13(18)19-3)15-10(16)7-14-12(17)9-5-4-6-20-9/h4-6,8,11H,7H2,1-3H3,(H,14,17)(H,15,16). The summed E-state index contributed by atoms with van der Waals surface area (Å²) in [6.07, 6.45) is 1.36. The number of amides is 2. The maximum absolute atomic E-state index is 11.7. The van der Waals surface area contributed by atoms with E-state index in [1.807, 2.05) is 0 Å². The van der Waals surface area contributed by atoms with Crippen molar-refractivity contribution < 1.29 is 23.5 Å². The number of carbonyl (C=O) groups excluding carboxylic acids is 3. The molecule has 0 saturated carbocycles. The van der Waals surface area contributed by atoms with Gasteiger partial charge in [-0.05, 0) is 18.1 Å². The van der Waals surface area contributed by atoms with Crippen LogP contribution < -0.4 is 10.6 Å². The lowest BCUT2D eigenvalue weighted by atomic mass is 10.0. The van der Waals surface area contributed by atoms with Crippen molar-refractivity contribution in [1.82, 2.24) is 10.6 Å². The van der Waals surface area contributed by atoms with E-state index in [2.05, 4.69) is 15.4 Å². The van der Waals surface area contributed by atoms with Crippen LogP contribution in [0.2, 0.25) is 0 Å². The third-order valence-electron chi connectivity index (χ3n) is 2.59. The molecule has 0 aromatic carbocycles. The van der Waals surface area contributed by atoms with E-state index in [0.29, 0.717) is 0 Å². The summed E-state index contributed by atoms with van der Waals surface area (Å²) in [5, 5.41) is 4.90. The molecule has 7 heteroatoms. The first-order valence-corrected chi connectivity index (χ1v) is 6.14. The zero-order chi connectivity index (χ0) is 15.1. The van der Waals surface area contributed by atoms with Crippen LogP contribution >= 0.6 is 0 Å². The van der Waals surface area contributed by atoms with Crippen molar-refractivity contribution in [1.29, 1.82) is 0 Å². The molecule has 1 heterocycles. The van der Waals surface area contributed by atoms with E-state index in [-0.39, 0.29) is 18.2 Å². The Morgan fingerprint density at radius 1 is 1.35 bits per heavy atom. The fourth-order valence-electron chi connectivity index (χ4n) is 1.50. The molecule has 1 unspecified atom stereocenters. The van der Waals surface area contributed by atoms with Gasteiger partial charge in [-0.25, -0.2) is 4.79 Å². The first-order chi connectivity index (χ1) is 9.45. The molecule has 110 valence electrons. The highest BCUT2D eigenvalue weighted by Gasteiger charge is 2.24. The van der Waals surface area contributed by atoms with Crippen molar-refractivity contribution >= 4 is 17.8 Å². The molecular formula is C13H18N2O5. The predicted molar refractivity (Wildman–Crippen MR) is 69.8 cm³/mol. The minimum absolute atomic E-state index is 0.117. The van der Waals surface area contributed by atoms with Crippen molar-refractivity contribution in [3.63, 3.8) is 0 Å². The van der Waals surface area contributed by atoms with Gasteiger partial charge in [0, 0.05) is 0 Å². The number of ether oxygens (including phenoxy) is 1. The van der Waals surface area contributed by atoms with Crippen molar-refractivity contribution in [3.8, 4) is 0 Å². The number of hydrogen-bond donors (Lipinski definition) is 2. The summed E-state index contributed by atoms with van der Waals surface area (Å²) in [6, 6.07) is 2.31. The zero-order valence-corrected chi connectivity index (χ0v) is 11.6. The van der Waals surface area contributed by atoms with Crippen LogP contribution in [0.4, 0.5) is 0 Å². The van der Waals surface area contributed by atoms with Gasteiger partial charge < -0.3 is 19.8 Å². The fraction of sp³-hybridized carbons (Fsp3) is 0.462. The summed E-state index contributed by atoms with van der Waals surface area (Å²) in [5.41, 5.74) is 0. The van der Waals surface area contributed by atoms with Crippen LogP contribution in [0.3, 0.4) is 0 Å². The summed E-state index contributed by atoms with van der Waals surface area (Å²) < 4.78 is 9.49. The minimum Gasteiger partial charge on any atom is -0.467 e. The number of nitrogens with one attached hydrogen (secondary N) is 2. The van der Waals surface area contributed by atoms with Gasteiger partial charge in [-0.2, -0.15) is 0 Å². The Kier molecular flexibility index (Phi) is 5.76. The number of methoxy groups -OCH3 is 1. The van der Waals surface area contributed by atoms with Gasteiger partial charge in [-0.15, -0.1) is 0 Å². The first kappa shape index (κ1) is 15.7. The monoisotopic (exact) mass is 282 g/mol. The topological polar surface area (TPSA) is 97.6 Å². The molecule has 0 spiro atoms. The van der Waals surface area contributed by atoms with Crippen LogP contribution in [-0.4, -0.2) is 37.5 Å². The first-order valence-electron chi connectivity index (χ1n) is 6.14. The van der Waals surface area contributed by atoms with Crippen LogP contribution in [0.15, 0.2) is 22.8 Å². The quantitative estimate of drug-likeness (QED) is 0.732. The Hall–Kier alpha value is -2.31. The van der Waals surface area contributed by atoms with Crippen molar-refractivity contribution in [2.24, 2.45) is 5.92 Å². The Bertz CT molecular complexity index is 467. The lowest BCUT2D eigenvalue weighted by Gasteiger charge is -2.19. The molecule has 0 saturated heterocycles. The molecule has 1 atom stereocenters. The third-order valence-corrected chi connectivity index (χ3v) is 2.59. The molecule has 0 aliphatic carbocycles. The van der Waals surface area contributed by atoms with E-state index >= 15 is 0 Å². The van der Waals surface area contributed by atoms with E-state index in [4.69, 9.17) is 4.42 Å². The normalized spacial score (nSPS) is 11.8. The second-order valence-electron chi connectivity index (χ2n) is 4.47. The molecule has 20 heavy (non-hydrogen) atoms. The lowest BCUT2D eigenvalue weighted by molar-refractivity contribution is -0.146. The molecule has 0 aliphatic heterocycles. The van der Waals surface area contributed by atoms with Crippen LogP contribution in [0.1, 0.15) is 24.4 Å². The fourth-order valence-corrected chi connectivity index (χ4v) is 1.50. The van der Waals surface area contributed by atoms with Gasteiger partial charge in [0.25, 0.3) is 5.91 Å². The van der Waals surface area contributed by atoms with Gasteiger partial charge in [0.1, 0.15) is 6.04 Å². The van der Waals surface area contributed by atoms with Crippen LogP contribution in [0.5, 0.6) is 0 Å². The number of esters is 1. The molecule has 7 nitrogen and oxygen atoms in total. The molecule has 1 aromatic rings. The summed E-state index contributed by atoms with van der Waals surface area (Å²) in [5.74, 6) is -1.50.